The first-order chi connectivity index (χ1) is 8.50. The molecule has 0 radical (unpaired) electrons. The fourth-order valence-corrected chi connectivity index (χ4v) is 2.38. The SMILES string of the molecule is CC1CCN(C(=O)c2ccc(Br)c(F)c2F)CC1. The van der Waals surface area contributed by atoms with Gasteiger partial charge in [-0.3, -0.25) is 4.79 Å². The van der Waals surface area contributed by atoms with Crippen LogP contribution in [0.2, 0.25) is 0 Å². The first-order valence-corrected chi connectivity index (χ1v) is 6.72. The summed E-state index contributed by atoms with van der Waals surface area (Å²) < 4.78 is 27.1. The van der Waals surface area contributed by atoms with Crippen molar-refractivity contribution in [3.63, 3.8) is 0 Å². The fourth-order valence-electron chi connectivity index (χ4n) is 2.07. The summed E-state index contributed by atoms with van der Waals surface area (Å²) in [5.74, 6) is -1.93. The molecule has 0 saturated carbocycles. The normalized spacial score (nSPS) is 17.0. The standard InChI is InChI=1S/C13H14BrF2NO/c1-8-4-6-17(7-5-8)13(18)9-2-3-10(14)12(16)11(9)15/h2-3,8H,4-7H2,1H3. The molecule has 2 rings (SSSR count). The zero-order valence-electron chi connectivity index (χ0n) is 10.0. The number of halogens is 3. The lowest BCUT2D eigenvalue weighted by Crippen LogP contribution is -2.38. The van der Waals surface area contributed by atoms with Crippen molar-refractivity contribution in [2.24, 2.45) is 5.92 Å². The van der Waals surface area contributed by atoms with Gasteiger partial charge >= 0.3 is 0 Å². The Hall–Kier alpha value is -0.970. The second-order valence-corrected chi connectivity index (χ2v) is 5.55. The van der Waals surface area contributed by atoms with Crippen molar-refractivity contribution in [2.75, 3.05) is 13.1 Å². The maximum atomic E-state index is 13.7. The minimum Gasteiger partial charge on any atom is -0.339 e. The molecule has 1 amide bonds. The highest BCUT2D eigenvalue weighted by molar-refractivity contribution is 9.10. The summed E-state index contributed by atoms with van der Waals surface area (Å²) in [5, 5.41) is 0. The Morgan fingerprint density at radius 1 is 1.28 bits per heavy atom. The smallest absolute Gasteiger partial charge is 0.256 e. The highest BCUT2D eigenvalue weighted by Gasteiger charge is 2.25. The molecule has 0 atom stereocenters. The molecular formula is C13H14BrF2NO. The van der Waals surface area contributed by atoms with E-state index in [1.54, 1.807) is 4.90 Å². The van der Waals surface area contributed by atoms with E-state index in [0.717, 1.165) is 12.8 Å². The van der Waals surface area contributed by atoms with E-state index in [4.69, 9.17) is 0 Å². The Balaban J connectivity index is 2.21. The van der Waals surface area contributed by atoms with Gasteiger partial charge in [-0.15, -0.1) is 0 Å². The van der Waals surface area contributed by atoms with Crippen LogP contribution in [0.5, 0.6) is 0 Å². The van der Waals surface area contributed by atoms with Gasteiger partial charge in [0.1, 0.15) is 0 Å². The molecule has 98 valence electrons. The van der Waals surface area contributed by atoms with Crippen LogP contribution in [0.4, 0.5) is 8.78 Å². The monoisotopic (exact) mass is 317 g/mol. The minimum atomic E-state index is -1.08. The molecule has 0 aliphatic carbocycles. The van der Waals surface area contributed by atoms with Crippen LogP contribution in [0.3, 0.4) is 0 Å². The predicted molar refractivity (Wildman–Crippen MR) is 68.4 cm³/mol. The van der Waals surface area contributed by atoms with Crippen molar-refractivity contribution in [2.45, 2.75) is 19.8 Å². The van der Waals surface area contributed by atoms with Crippen LogP contribution in [-0.2, 0) is 0 Å². The third-order valence-electron chi connectivity index (χ3n) is 3.34. The molecule has 5 heteroatoms. The van der Waals surface area contributed by atoms with Crippen LogP contribution in [0, 0.1) is 17.6 Å². The summed E-state index contributed by atoms with van der Waals surface area (Å²) in [4.78, 5) is 13.7. The minimum absolute atomic E-state index is 0.0313. The van der Waals surface area contributed by atoms with Crippen molar-refractivity contribution < 1.29 is 13.6 Å². The van der Waals surface area contributed by atoms with Gasteiger partial charge in [0.2, 0.25) is 0 Å². The van der Waals surface area contributed by atoms with Gasteiger partial charge in [0.05, 0.1) is 10.0 Å². The number of carbonyl (C=O) groups excluding carboxylic acids is 1. The number of nitrogens with zero attached hydrogens (tertiary/aromatic N) is 1. The van der Waals surface area contributed by atoms with Crippen molar-refractivity contribution in [1.29, 1.82) is 0 Å². The number of hydrogen-bond acceptors (Lipinski definition) is 1. The number of rotatable bonds is 1. The average Bonchev–Trinajstić information content (AvgIpc) is 2.36. The van der Waals surface area contributed by atoms with Crippen molar-refractivity contribution in [1.82, 2.24) is 4.90 Å². The quantitative estimate of drug-likeness (QED) is 0.725. The summed E-state index contributed by atoms with van der Waals surface area (Å²) in [5.41, 5.74) is -0.190. The molecule has 1 fully saturated rings. The van der Waals surface area contributed by atoms with Crippen LogP contribution < -0.4 is 0 Å². The summed E-state index contributed by atoms with van der Waals surface area (Å²) in [6.07, 6.45) is 1.82. The molecule has 2 nitrogen and oxygen atoms in total. The molecule has 1 heterocycles. The molecular weight excluding hydrogens is 304 g/mol. The molecule has 1 aliphatic rings. The summed E-state index contributed by atoms with van der Waals surface area (Å²) in [6, 6.07) is 2.68. The maximum Gasteiger partial charge on any atom is 0.256 e. The second kappa shape index (κ2) is 5.34. The van der Waals surface area contributed by atoms with Gasteiger partial charge in [0.25, 0.3) is 5.91 Å². The second-order valence-electron chi connectivity index (χ2n) is 4.70. The molecule has 1 saturated heterocycles. The van der Waals surface area contributed by atoms with Crippen molar-refractivity contribution in [3.05, 3.63) is 33.8 Å². The van der Waals surface area contributed by atoms with Gasteiger partial charge in [-0.2, -0.15) is 0 Å². The van der Waals surface area contributed by atoms with Gasteiger partial charge in [-0.25, -0.2) is 8.78 Å². The molecule has 1 aliphatic heterocycles. The Morgan fingerprint density at radius 3 is 2.50 bits per heavy atom. The lowest BCUT2D eigenvalue weighted by molar-refractivity contribution is 0.0691. The molecule has 0 bridgehead atoms. The lowest BCUT2D eigenvalue weighted by Gasteiger charge is -2.30. The number of piperidine rings is 1. The van der Waals surface area contributed by atoms with Crippen LogP contribution in [0.1, 0.15) is 30.1 Å². The van der Waals surface area contributed by atoms with Gasteiger partial charge in [0, 0.05) is 13.1 Å². The number of hydrogen-bond donors (Lipinski definition) is 0. The van der Waals surface area contributed by atoms with E-state index in [9.17, 15) is 13.6 Å². The third-order valence-corrected chi connectivity index (χ3v) is 3.95. The van der Waals surface area contributed by atoms with E-state index in [0.29, 0.717) is 19.0 Å². The zero-order chi connectivity index (χ0) is 13.3. The van der Waals surface area contributed by atoms with Crippen LogP contribution in [0.15, 0.2) is 16.6 Å². The summed E-state index contributed by atoms with van der Waals surface area (Å²) >= 11 is 2.89. The maximum absolute atomic E-state index is 13.7. The Kier molecular flexibility index (Phi) is 4.00. The summed E-state index contributed by atoms with van der Waals surface area (Å²) in [7, 11) is 0. The van der Waals surface area contributed by atoms with Crippen molar-refractivity contribution >= 4 is 21.8 Å². The van der Waals surface area contributed by atoms with Gasteiger partial charge in [-0.1, -0.05) is 6.92 Å². The number of carbonyl (C=O) groups is 1. The lowest BCUT2D eigenvalue weighted by atomic mass is 9.98. The highest BCUT2D eigenvalue weighted by Crippen LogP contribution is 2.24. The van der Waals surface area contributed by atoms with Gasteiger partial charge in [0.15, 0.2) is 11.6 Å². The first kappa shape index (κ1) is 13.5. The molecule has 0 aromatic heterocycles. The van der Waals surface area contributed by atoms with E-state index in [-0.39, 0.29) is 10.0 Å². The molecule has 0 N–H and O–H groups in total. The average molecular weight is 318 g/mol. The largest absolute Gasteiger partial charge is 0.339 e. The predicted octanol–water partition coefficient (Wildman–Crippen LogP) is 3.60. The number of amides is 1. The fraction of sp³-hybridized carbons (Fsp3) is 0.462. The van der Waals surface area contributed by atoms with Crippen LogP contribution in [-0.4, -0.2) is 23.9 Å². The van der Waals surface area contributed by atoms with Gasteiger partial charge < -0.3 is 4.90 Å². The van der Waals surface area contributed by atoms with Crippen LogP contribution >= 0.6 is 15.9 Å². The van der Waals surface area contributed by atoms with E-state index < -0.39 is 17.5 Å². The topological polar surface area (TPSA) is 20.3 Å². The van der Waals surface area contributed by atoms with Crippen molar-refractivity contribution in [3.8, 4) is 0 Å². The molecule has 1 aromatic carbocycles. The Morgan fingerprint density at radius 2 is 1.89 bits per heavy atom. The van der Waals surface area contributed by atoms with E-state index in [2.05, 4.69) is 22.9 Å². The van der Waals surface area contributed by atoms with E-state index >= 15 is 0 Å². The zero-order valence-corrected chi connectivity index (χ0v) is 11.6. The number of benzene rings is 1. The Bertz CT molecular complexity index is 470. The van der Waals surface area contributed by atoms with Gasteiger partial charge in [-0.05, 0) is 46.8 Å². The molecule has 0 unspecified atom stereocenters. The van der Waals surface area contributed by atoms with E-state index in [1.165, 1.54) is 12.1 Å². The molecule has 18 heavy (non-hydrogen) atoms. The molecule has 1 aromatic rings. The number of likely N-dealkylation sites (tertiary alicyclic amines) is 1. The third kappa shape index (κ3) is 2.55. The Labute approximate surface area is 113 Å². The highest BCUT2D eigenvalue weighted by atomic mass is 79.9. The first-order valence-electron chi connectivity index (χ1n) is 5.93. The van der Waals surface area contributed by atoms with E-state index in [1.807, 2.05) is 0 Å². The summed E-state index contributed by atoms with van der Waals surface area (Å²) in [6.45, 7) is 3.34. The van der Waals surface area contributed by atoms with Crippen LogP contribution in [0.25, 0.3) is 0 Å². The molecule has 0 spiro atoms.